The molecule has 1 amide bonds. The van der Waals surface area contributed by atoms with Crippen LogP contribution < -0.4 is 5.73 Å². The topological polar surface area (TPSA) is 43.1 Å². The van der Waals surface area contributed by atoms with E-state index in [1.165, 1.54) is 0 Å². The first-order valence-corrected chi connectivity index (χ1v) is 4.45. The Morgan fingerprint density at radius 3 is 2.58 bits per heavy atom. The Balaban J connectivity index is 3.38. The minimum absolute atomic E-state index is 0.448. The third-order valence-electron chi connectivity index (χ3n) is 1.50. The lowest BCUT2D eigenvalue weighted by molar-refractivity contribution is 0.0999. The zero-order valence-corrected chi connectivity index (χ0v) is 8.74. The number of hydrogen-bond donors (Lipinski definition) is 1. The van der Waals surface area contributed by atoms with E-state index >= 15 is 0 Å². The van der Waals surface area contributed by atoms with Gasteiger partial charge >= 0.3 is 0 Å². The van der Waals surface area contributed by atoms with E-state index in [-0.39, 0.29) is 0 Å². The second kappa shape index (κ2) is 3.46. The highest BCUT2D eigenvalue weighted by atomic mass is 79.9. The maximum atomic E-state index is 10.9. The molecule has 0 atom stereocenters. The molecular weight excluding hydrogens is 241 g/mol. The molecule has 2 nitrogen and oxygen atoms in total. The average molecular weight is 249 g/mol. The van der Waals surface area contributed by atoms with Gasteiger partial charge in [-0.15, -0.1) is 0 Å². The molecule has 0 aliphatic carbocycles. The van der Waals surface area contributed by atoms with Gasteiger partial charge in [-0.1, -0.05) is 11.6 Å². The summed E-state index contributed by atoms with van der Waals surface area (Å²) in [5.41, 5.74) is 6.42. The molecule has 0 aliphatic rings. The molecule has 4 heteroatoms. The van der Waals surface area contributed by atoms with E-state index in [0.717, 1.165) is 5.56 Å². The number of rotatable bonds is 1. The van der Waals surface area contributed by atoms with Crippen LogP contribution in [0.25, 0.3) is 0 Å². The summed E-state index contributed by atoms with van der Waals surface area (Å²) in [6, 6.07) is 3.35. The van der Waals surface area contributed by atoms with Gasteiger partial charge in [-0.25, -0.2) is 0 Å². The van der Waals surface area contributed by atoms with Crippen LogP contribution in [0.1, 0.15) is 15.9 Å². The van der Waals surface area contributed by atoms with E-state index in [2.05, 4.69) is 15.9 Å². The van der Waals surface area contributed by atoms with Gasteiger partial charge in [0.2, 0.25) is 5.91 Å². The fraction of sp³-hybridized carbons (Fsp3) is 0.125. The van der Waals surface area contributed by atoms with Crippen molar-refractivity contribution in [2.45, 2.75) is 6.92 Å². The van der Waals surface area contributed by atoms with Crippen molar-refractivity contribution in [1.29, 1.82) is 0 Å². The molecule has 0 fully saturated rings. The number of carbonyl (C=O) groups excluding carboxylic acids is 1. The van der Waals surface area contributed by atoms with Crippen LogP contribution in [0.5, 0.6) is 0 Å². The Labute approximate surface area is 83.8 Å². The molecular formula is C8H7BrClNO. The van der Waals surface area contributed by atoms with E-state index in [0.29, 0.717) is 15.1 Å². The molecule has 2 N–H and O–H groups in total. The summed E-state index contributed by atoms with van der Waals surface area (Å²) in [5.74, 6) is -0.448. The largest absolute Gasteiger partial charge is 0.366 e. The van der Waals surface area contributed by atoms with Gasteiger partial charge in [-0.2, -0.15) is 0 Å². The smallest absolute Gasteiger partial charge is 0.250 e. The third-order valence-corrected chi connectivity index (χ3v) is 2.34. The second-order valence-electron chi connectivity index (χ2n) is 2.44. The minimum Gasteiger partial charge on any atom is -0.366 e. The number of nitrogens with two attached hydrogens (primary N) is 1. The summed E-state index contributed by atoms with van der Waals surface area (Å²) in [6.07, 6.45) is 0. The van der Waals surface area contributed by atoms with E-state index in [4.69, 9.17) is 17.3 Å². The molecule has 0 unspecified atom stereocenters. The molecule has 0 bridgehead atoms. The molecule has 1 aromatic rings. The minimum atomic E-state index is -0.448. The molecule has 0 spiro atoms. The SMILES string of the molecule is Cc1cc(Cl)cc(Br)c1C(N)=O. The van der Waals surface area contributed by atoms with Gasteiger partial charge in [0.15, 0.2) is 0 Å². The summed E-state index contributed by atoms with van der Waals surface area (Å²) in [4.78, 5) is 10.9. The van der Waals surface area contributed by atoms with Crippen molar-refractivity contribution in [3.63, 3.8) is 0 Å². The maximum absolute atomic E-state index is 10.9. The molecule has 1 rings (SSSR count). The number of benzene rings is 1. The van der Waals surface area contributed by atoms with E-state index < -0.39 is 5.91 Å². The summed E-state index contributed by atoms with van der Waals surface area (Å²) < 4.78 is 0.639. The van der Waals surface area contributed by atoms with Crippen LogP contribution in [-0.4, -0.2) is 5.91 Å². The lowest BCUT2D eigenvalue weighted by atomic mass is 10.1. The summed E-state index contributed by atoms with van der Waals surface area (Å²) in [6.45, 7) is 1.79. The Morgan fingerprint density at radius 2 is 2.17 bits per heavy atom. The molecule has 12 heavy (non-hydrogen) atoms. The predicted molar refractivity (Wildman–Crippen MR) is 52.4 cm³/mol. The van der Waals surface area contributed by atoms with Crippen LogP contribution >= 0.6 is 27.5 Å². The van der Waals surface area contributed by atoms with Crippen molar-refractivity contribution in [3.05, 3.63) is 32.8 Å². The van der Waals surface area contributed by atoms with Gasteiger partial charge in [0.1, 0.15) is 0 Å². The highest BCUT2D eigenvalue weighted by molar-refractivity contribution is 9.10. The van der Waals surface area contributed by atoms with Crippen LogP contribution in [0, 0.1) is 6.92 Å². The van der Waals surface area contributed by atoms with Gasteiger partial charge in [-0.3, -0.25) is 4.79 Å². The molecule has 1 aromatic carbocycles. The fourth-order valence-electron chi connectivity index (χ4n) is 1.01. The van der Waals surface area contributed by atoms with Crippen molar-refractivity contribution in [3.8, 4) is 0 Å². The van der Waals surface area contributed by atoms with Crippen molar-refractivity contribution in [2.75, 3.05) is 0 Å². The molecule has 0 aliphatic heterocycles. The first-order valence-electron chi connectivity index (χ1n) is 3.28. The number of halogens is 2. The molecule has 64 valence electrons. The van der Waals surface area contributed by atoms with Gasteiger partial charge in [0, 0.05) is 9.50 Å². The highest BCUT2D eigenvalue weighted by Crippen LogP contribution is 2.24. The normalized spacial score (nSPS) is 9.92. The standard InChI is InChI=1S/C8H7BrClNO/c1-4-2-5(10)3-6(9)7(4)8(11)12/h2-3H,1H3,(H2,11,12). The third kappa shape index (κ3) is 1.79. The summed E-state index contributed by atoms with van der Waals surface area (Å²) >= 11 is 8.96. The van der Waals surface area contributed by atoms with Gasteiger partial charge in [0.05, 0.1) is 5.56 Å². The van der Waals surface area contributed by atoms with Gasteiger partial charge in [-0.05, 0) is 40.5 Å². The van der Waals surface area contributed by atoms with Crippen LogP contribution in [0.3, 0.4) is 0 Å². The predicted octanol–water partition coefficient (Wildman–Crippen LogP) is 2.51. The summed E-state index contributed by atoms with van der Waals surface area (Å²) in [7, 11) is 0. The summed E-state index contributed by atoms with van der Waals surface area (Å²) in [5, 5.41) is 0.587. The Kier molecular flexibility index (Phi) is 2.75. The number of aryl methyl sites for hydroxylation is 1. The van der Waals surface area contributed by atoms with Crippen LogP contribution in [0.15, 0.2) is 16.6 Å². The molecule has 0 saturated heterocycles. The first-order chi connectivity index (χ1) is 5.52. The molecule has 0 saturated carbocycles. The molecule has 0 heterocycles. The Morgan fingerprint density at radius 1 is 1.58 bits per heavy atom. The van der Waals surface area contributed by atoms with Crippen LogP contribution in [0.4, 0.5) is 0 Å². The van der Waals surface area contributed by atoms with Crippen molar-refractivity contribution >= 4 is 33.4 Å². The fourth-order valence-corrected chi connectivity index (χ4v) is 2.17. The molecule has 0 aromatic heterocycles. The zero-order valence-electron chi connectivity index (χ0n) is 6.40. The van der Waals surface area contributed by atoms with Crippen LogP contribution in [0.2, 0.25) is 5.02 Å². The number of hydrogen-bond acceptors (Lipinski definition) is 1. The van der Waals surface area contributed by atoms with Gasteiger partial charge in [0.25, 0.3) is 0 Å². The monoisotopic (exact) mass is 247 g/mol. The van der Waals surface area contributed by atoms with Crippen molar-refractivity contribution < 1.29 is 4.79 Å². The van der Waals surface area contributed by atoms with Gasteiger partial charge < -0.3 is 5.73 Å². The van der Waals surface area contributed by atoms with E-state index in [1.807, 2.05) is 0 Å². The van der Waals surface area contributed by atoms with Crippen LogP contribution in [-0.2, 0) is 0 Å². The lowest BCUT2D eigenvalue weighted by Gasteiger charge is -2.04. The van der Waals surface area contributed by atoms with E-state index in [9.17, 15) is 4.79 Å². The number of primary amides is 1. The van der Waals surface area contributed by atoms with Crippen molar-refractivity contribution in [1.82, 2.24) is 0 Å². The zero-order chi connectivity index (χ0) is 9.30. The van der Waals surface area contributed by atoms with Crippen molar-refractivity contribution in [2.24, 2.45) is 5.73 Å². The number of amides is 1. The lowest BCUT2D eigenvalue weighted by Crippen LogP contribution is -2.13. The first kappa shape index (κ1) is 9.55. The maximum Gasteiger partial charge on any atom is 0.250 e. The average Bonchev–Trinajstić information content (AvgIpc) is 1.82. The molecule has 0 radical (unpaired) electrons. The second-order valence-corrected chi connectivity index (χ2v) is 3.73. The Bertz CT molecular complexity index is 315. The van der Waals surface area contributed by atoms with E-state index in [1.54, 1.807) is 19.1 Å². The Hall–Kier alpha value is -0.540. The number of carbonyl (C=O) groups is 1. The highest BCUT2D eigenvalue weighted by Gasteiger charge is 2.09. The quantitative estimate of drug-likeness (QED) is 0.815.